The second kappa shape index (κ2) is 5.15. The highest BCUT2D eigenvalue weighted by atomic mass is 14.4. The minimum Gasteiger partial charge on any atom is -0.0808 e. The Balaban J connectivity index is 2.33. The van der Waals surface area contributed by atoms with Crippen molar-refractivity contribution in [3.63, 3.8) is 0 Å². The van der Waals surface area contributed by atoms with Gasteiger partial charge >= 0.3 is 0 Å². The van der Waals surface area contributed by atoms with Crippen molar-refractivity contribution in [3.8, 4) is 0 Å². The van der Waals surface area contributed by atoms with Crippen LogP contribution < -0.4 is 0 Å². The summed E-state index contributed by atoms with van der Waals surface area (Å²) in [4.78, 5) is 0. The van der Waals surface area contributed by atoms with Crippen LogP contribution in [0.1, 0.15) is 48.0 Å². The largest absolute Gasteiger partial charge is 0.0808 e. The molecule has 2 aliphatic carbocycles. The highest BCUT2D eigenvalue weighted by molar-refractivity contribution is 5.41. The molecule has 0 aliphatic heterocycles. The summed E-state index contributed by atoms with van der Waals surface area (Å²) in [6.45, 7) is 14.0. The first-order valence-electron chi connectivity index (χ1n) is 7.60. The predicted octanol–water partition coefficient (Wildman–Crippen LogP) is 5.69. The van der Waals surface area contributed by atoms with Crippen LogP contribution in [0.25, 0.3) is 0 Å². The quantitative estimate of drug-likeness (QED) is 0.595. The number of hydrogen-bond acceptors (Lipinski definition) is 0. The van der Waals surface area contributed by atoms with Crippen LogP contribution in [-0.2, 0) is 0 Å². The highest BCUT2D eigenvalue weighted by Gasteiger charge is 2.32. The van der Waals surface area contributed by atoms with Crippen molar-refractivity contribution in [2.45, 2.75) is 48.0 Å². The minimum absolute atomic E-state index is 0.154. The first-order chi connectivity index (χ1) is 8.82. The van der Waals surface area contributed by atoms with E-state index in [0.717, 1.165) is 0 Å². The van der Waals surface area contributed by atoms with Gasteiger partial charge in [0.15, 0.2) is 0 Å². The first kappa shape index (κ1) is 14.4. The third-order valence-electron chi connectivity index (χ3n) is 5.00. The van der Waals surface area contributed by atoms with Gasteiger partial charge in [0.05, 0.1) is 0 Å². The molecule has 2 rings (SSSR count). The first-order valence-corrected chi connectivity index (χ1v) is 7.60. The number of rotatable bonds is 2. The van der Waals surface area contributed by atoms with Crippen LogP contribution in [0.3, 0.4) is 0 Å². The summed E-state index contributed by atoms with van der Waals surface area (Å²) in [6.07, 6.45) is 13.1. The summed E-state index contributed by atoms with van der Waals surface area (Å²) in [5, 5.41) is 0. The van der Waals surface area contributed by atoms with Gasteiger partial charge in [0.2, 0.25) is 0 Å². The molecule has 0 amide bonds. The molecule has 19 heavy (non-hydrogen) atoms. The lowest BCUT2D eigenvalue weighted by atomic mass is 9.67. The fourth-order valence-corrected chi connectivity index (χ4v) is 3.39. The summed E-state index contributed by atoms with van der Waals surface area (Å²) in [7, 11) is 0. The van der Waals surface area contributed by atoms with E-state index in [1.54, 1.807) is 5.57 Å². The van der Waals surface area contributed by atoms with Gasteiger partial charge in [-0.3, -0.25) is 0 Å². The SMILES string of the molecule is CC1=CC=C(C(C)(C)C2=CC(C)C(C)C=C2)C(C)C1. The lowest BCUT2D eigenvalue weighted by molar-refractivity contribution is 0.446. The predicted molar refractivity (Wildman–Crippen MR) is 85.0 cm³/mol. The van der Waals surface area contributed by atoms with Crippen LogP contribution in [0.15, 0.2) is 47.1 Å². The molecule has 0 heteroatoms. The lowest BCUT2D eigenvalue weighted by Crippen LogP contribution is -2.25. The Morgan fingerprint density at radius 2 is 1.74 bits per heavy atom. The summed E-state index contributed by atoms with van der Waals surface area (Å²) < 4.78 is 0. The molecule has 3 unspecified atom stereocenters. The van der Waals surface area contributed by atoms with Crippen molar-refractivity contribution in [2.24, 2.45) is 23.2 Å². The van der Waals surface area contributed by atoms with E-state index in [4.69, 9.17) is 0 Å². The van der Waals surface area contributed by atoms with E-state index >= 15 is 0 Å². The Morgan fingerprint density at radius 1 is 1.05 bits per heavy atom. The van der Waals surface area contributed by atoms with E-state index in [9.17, 15) is 0 Å². The van der Waals surface area contributed by atoms with E-state index in [0.29, 0.717) is 17.8 Å². The summed E-state index contributed by atoms with van der Waals surface area (Å²) in [5.74, 6) is 1.97. The summed E-state index contributed by atoms with van der Waals surface area (Å²) in [5.41, 5.74) is 4.73. The molecular weight excluding hydrogens is 228 g/mol. The van der Waals surface area contributed by atoms with Gasteiger partial charge < -0.3 is 0 Å². The molecule has 0 bridgehead atoms. The molecule has 104 valence electrons. The molecular formula is C19H28. The molecule has 0 fully saturated rings. The molecule has 0 saturated carbocycles. The van der Waals surface area contributed by atoms with Gasteiger partial charge in [-0.05, 0) is 36.7 Å². The topological polar surface area (TPSA) is 0 Å². The van der Waals surface area contributed by atoms with Crippen molar-refractivity contribution < 1.29 is 0 Å². The molecule has 0 nitrogen and oxygen atoms in total. The average Bonchev–Trinajstić information content (AvgIpc) is 2.32. The molecule has 0 heterocycles. The molecule has 0 aromatic heterocycles. The summed E-state index contributed by atoms with van der Waals surface area (Å²) >= 11 is 0. The maximum Gasteiger partial charge on any atom is 0.0108 e. The van der Waals surface area contributed by atoms with E-state index in [2.05, 4.69) is 71.9 Å². The van der Waals surface area contributed by atoms with Gasteiger partial charge in [0.25, 0.3) is 0 Å². The van der Waals surface area contributed by atoms with Crippen molar-refractivity contribution in [1.82, 2.24) is 0 Å². The molecule has 2 aliphatic rings. The van der Waals surface area contributed by atoms with E-state index in [-0.39, 0.29) is 5.41 Å². The van der Waals surface area contributed by atoms with Crippen LogP contribution in [-0.4, -0.2) is 0 Å². The third-order valence-corrected chi connectivity index (χ3v) is 5.00. The van der Waals surface area contributed by atoms with Gasteiger partial charge in [-0.1, -0.05) is 76.1 Å². The standard InChI is InChI=1S/C19H28/c1-13-7-10-18(16(4)11-13)19(5,6)17-9-8-14(2)15(3)12-17/h7-10,12,14-16H,11H2,1-6H3. The van der Waals surface area contributed by atoms with Crippen molar-refractivity contribution in [2.75, 3.05) is 0 Å². The minimum atomic E-state index is 0.154. The monoisotopic (exact) mass is 256 g/mol. The van der Waals surface area contributed by atoms with Gasteiger partial charge in [0, 0.05) is 5.41 Å². The van der Waals surface area contributed by atoms with Gasteiger partial charge in [0.1, 0.15) is 0 Å². The lowest BCUT2D eigenvalue weighted by Gasteiger charge is -2.37. The van der Waals surface area contributed by atoms with Crippen molar-refractivity contribution in [3.05, 3.63) is 47.1 Å². The molecule has 0 aromatic rings. The van der Waals surface area contributed by atoms with Gasteiger partial charge in [-0.2, -0.15) is 0 Å². The Morgan fingerprint density at radius 3 is 2.32 bits per heavy atom. The zero-order valence-electron chi connectivity index (χ0n) is 13.3. The maximum absolute atomic E-state index is 2.48. The van der Waals surface area contributed by atoms with Crippen LogP contribution in [0, 0.1) is 23.2 Å². The fourth-order valence-electron chi connectivity index (χ4n) is 3.39. The van der Waals surface area contributed by atoms with Crippen LogP contribution in [0.2, 0.25) is 0 Å². The number of hydrogen-bond donors (Lipinski definition) is 0. The van der Waals surface area contributed by atoms with E-state index in [1.807, 2.05) is 0 Å². The van der Waals surface area contributed by atoms with Gasteiger partial charge in [-0.25, -0.2) is 0 Å². The smallest absolute Gasteiger partial charge is 0.0108 e. The highest BCUT2D eigenvalue weighted by Crippen LogP contribution is 2.44. The Bertz CT molecular complexity index is 468. The van der Waals surface area contributed by atoms with Crippen LogP contribution in [0.5, 0.6) is 0 Å². The molecule has 0 spiro atoms. The molecule has 3 atom stereocenters. The van der Waals surface area contributed by atoms with E-state index < -0.39 is 0 Å². The normalized spacial score (nSPS) is 31.7. The van der Waals surface area contributed by atoms with Crippen molar-refractivity contribution in [1.29, 1.82) is 0 Å². The Kier molecular flexibility index (Phi) is 3.90. The van der Waals surface area contributed by atoms with E-state index in [1.165, 1.54) is 17.6 Å². The van der Waals surface area contributed by atoms with Crippen molar-refractivity contribution >= 4 is 0 Å². The third kappa shape index (κ3) is 2.78. The zero-order chi connectivity index (χ0) is 14.2. The second-order valence-corrected chi connectivity index (χ2v) is 7.06. The Hall–Kier alpha value is -1.04. The molecule has 0 aromatic carbocycles. The number of allylic oxidation sites excluding steroid dienone is 8. The molecule has 0 saturated heterocycles. The maximum atomic E-state index is 2.48. The molecule has 0 N–H and O–H groups in total. The molecule has 0 radical (unpaired) electrons. The van der Waals surface area contributed by atoms with Crippen LogP contribution >= 0.6 is 0 Å². The zero-order valence-corrected chi connectivity index (χ0v) is 13.3. The Labute approximate surface area is 119 Å². The summed E-state index contributed by atoms with van der Waals surface area (Å²) in [6, 6.07) is 0. The second-order valence-electron chi connectivity index (χ2n) is 7.06. The fraction of sp³-hybridized carbons (Fsp3) is 0.579. The average molecular weight is 256 g/mol. The van der Waals surface area contributed by atoms with Crippen LogP contribution in [0.4, 0.5) is 0 Å². The van der Waals surface area contributed by atoms with Gasteiger partial charge in [-0.15, -0.1) is 0 Å².